The Labute approximate surface area is 107 Å². The monoisotopic (exact) mass is 266 g/mol. The molecule has 0 unspecified atom stereocenters. The quantitative estimate of drug-likeness (QED) is 0.658. The van der Waals surface area contributed by atoms with Crippen LogP contribution in [-0.4, -0.2) is 31.7 Å². The molecule has 2 aromatic rings. The molecule has 2 aromatic heterocycles. The number of anilines is 1. The maximum Gasteiger partial charge on any atom is 0.275 e. The van der Waals surface area contributed by atoms with Crippen molar-refractivity contribution in [3.05, 3.63) is 28.6 Å². The topological polar surface area (TPSA) is 98.8 Å². The summed E-state index contributed by atoms with van der Waals surface area (Å²) in [4.78, 5) is 14.6. The highest BCUT2D eigenvalue weighted by Crippen LogP contribution is 2.28. The van der Waals surface area contributed by atoms with E-state index in [9.17, 15) is 10.1 Å². The van der Waals surface area contributed by atoms with Crippen molar-refractivity contribution in [1.82, 2.24) is 19.7 Å². The highest BCUT2D eigenvalue weighted by Gasteiger charge is 2.13. The minimum Gasteiger partial charge on any atom is -0.373 e. The van der Waals surface area contributed by atoms with E-state index in [2.05, 4.69) is 20.5 Å². The Kier molecular flexibility index (Phi) is 3.42. The summed E-state index contributed by atoms with van der Waals surface area (Å²) < 4.78 is 1.71. The van der Waals surface area contributed by atoms with E-state index in [0.717, 1.165) is 0 Å². The van der Waals surface area contributed by atoms with Gasteiger partial charge in [-0.2, -0.15) is 0 Å². The molecule has 0 amide bonds. The van der Waals surface area contributed by atoms with Gasteiger partial charge in [-0.05, 0) is 11.8 Å². The van der Waals surface area contributed by atoms with Crippen molar-refractivity contribution in [3.63, 3.8) is 0 Å². The second kappa shape index (κ2) is 5.00. The first-order valence-corrected chi connectivity index (χ1v) is 5.78. The maximum atomic E-state index is 10.8. The van der Waals surface area contributed by atoms with Crippen molar-refractivity contribution in [2.75, 3.05) is 12.4 Å². The van der Waals surface area contributed by atoms with Gasteiger partial charge < -0.3 is 9.88 Å². The van der Waals surface area contributed by atoms with E-state index < -0.39 is 4.92 Å². The van der Waals surface area contributed by atoms with Gasteiger partial charge in [-0.1, -0.05) is 0 Å². The van der Waals surface area contributed by atoms with Gasteiger partial charge in [0, 0.05) is 20.2 Å². The Hall–Kier alpha value is -2.16. The van der Waals surface area contributed by atoms with E-state index in [1.165, 1.54) is 23.9 Å². The molecule has 0 aromatic carbocycles. The van der Waals surface area contributed by atoms with Crippen LogP contribution in [0.3, 0.4) is 0 Å². The lowest BCUT2D eigenvalue weighted by Crippen LogP contribution is -1.97. The van der Waals surface area contributed by atoms with Crippen molar-refractivity contribution in [2.45, 2.75) is 10.2 Å². The number of hydrogen-bond donors (Lipinski definition) is 1. The Balaban J connectivity index is 2.35. The zero-order valence-electron chi connectivity index (χ0n) is 9.69. The number of pyridine rings is 1. The van der Waals surface area contributed by atoms with E-state index in [0.29, 0.717) is 16.0 Å². The molecular formula is C9H10N6O2S. The van der Waals surface area contributed by atoms with Crippen LogP contribution in [0.15, 0.2) is 28.6 Å². The molecule has 2 rings (SSSR count). The van der Waals surface area contributed by atoms with Crippen molar-refractivity contribution in [3.8, 4) is 0 Å². The summed E-state index contributed by atoms with van der Waals surface area (Å²) >= 11 is 1.22. The molecule has 0 atom stereocenters. The van der Waals surface area contributed by atoms with E-state index in [4.69, 9.17) is 0 Å². The van der Waals surface area contributed by atoms with Crippen LogP contribution in [0.2, 0.25) is 0 Å². The predicted octanol–water partition coefficient (Wildman–Crippen LogP) is 1.31. The van der Waals surface area contributed by atoms with Gasteiger partial charge in [0.05, 0.1) is 11.0 Å². The first kappa shape index (κ1) is 12.3. The third kappa shape index (κ3) is 2.56. The number of hydrogen-bond acceptors (Lipinski definition) is 7. The van der Waals surface area contributed by atoms with Gasteiger partial charge in [0.1, 0.15) is 17.2 Å². The fraction of sp³-hybridized carbons (Fsp3) is 0.222. The minimum absolute atomic E-state index is 0.0148. The first-order chi connectivity index (χ1) is 8.60. The second-order valence-corrected chi connectivity index (χ2v) is 4.37. The molecule has 0 aliphatic carbocycles. The third-order valence-electron chi connectivity index (χ3n) is 2.12. The standard InChI is InChI=1S/C9H10N6O2S/c1-10-7-3-6(15(16)17)4-8(12-7)18-9-13-11-5-14(9)2/h3-5H,1-2H3,(H,10,12). The number of nitrogens with zero attached hydrogens (tertiary/aromatic N) is 5. The van der Waals surface area contributed by atoms with Gasteiger partial charge in [0.25, 0.3) is 5.69 Å². The Morgan fingerprint density at radius 2 is 2.28 bits per heavy atom. The van der Waals surface area contributed by atoms with Crippen molar-refractivity contribution < 1.29 is 4.92 Å². The molecule has 9 heteroatoms. The predicted molar refractivity (Wildman–Crippen MR) is 65.6 cm³/mol. The van der Waals surface area contributed by atoms with Gasteiger partial charge in [-0.15, -0.1) is 10.2 Å². The number of rotatable bonds is 4. The summed E-state index contributed by atoms with van der Waals surface area (Å²) in [5.41, 5.74) is -0.0148. The average molecular weight is 266 g/mol. The molecule has 0 spiro atoms. The highest BCUT2D eigenvalue weighted by molar-refractivity contribution is 7.99. The average Bonchev–Trinajstić information content (AvgIpc) is 2.74. The van der Waals surface area contributed by atoms with Crippen LogP contribution in [-0.2, 0) is 7.05 Å². The number of nitrogens with one attached hydrogen (secondary N) is 1. The minimum atomic E-state index is -0.455. The molecule has 0 bridgehead atoms. The fourth-order valence-corrected chi connectivity index (χ4v) is 2.03. The number of aromatic nitrogens is 4. The molecule has 0 saturated heterocycles. The Morgan fingerprint density at radius 3 is 2.83 bits per heavy atom. The number of nitro groups is 1. The first-order valence-electron chi connectivity index (χ1n) is 4.96. The molecule has 18 heavy (non-hydrogen) atoms. The Morgan fingerprint density at radius 1 is 1.50 bits per heavy atom. The Bertz CT molecular complexity index is 584. The summed E-state index contributed by atoms with van der Waals surface area (Å²) in [6.07, 6.45) is 1.55. The molecule has 1 N–H and O–H groups in total. The van der Waals surface area contributed by atoms with E-state index >= 15 is 0 Å². The van der Waals surface area contributed by atoms with Crippen LogP contribution in [0.25, 0.3) is 0 Å². The number of aryl methyl sites for hydroxylation is 1. The van der Waals surface area contributed by atoms with Crippen molar-refractivity contribution in [1.29, 1.82) is 0 Å². The lowest BCUT2D eigenvalue weighted by atomic mass is 10.4. The molecule has 0 saturated carbocycles. The maximum absolute atomic E-state index is 10.8. The summed E-state index contributed by atoms with van der Waals surface area (Å²) in [5, 5.41) is 22.3. The fourth-order valence-electron chi connectivity index (χ4n) is 1.24. The lowest BCUT2D eigenvalue weighted by Gasteiger charge is -2.03. The van der Waals surface area contributed by atoms with Gasteiger partial charge in [-0.25, -0.2) is 4.98 Å². The molecule has 2 heterocycles. The molecule has 0 fully saturated rings. The SMILES string of the molecule is CNc1cc([N+](=O)[O-])cc(Sc2nncn2C)n1. The van der Waals surface area contributed by atoms with E-state index in [1.807, 2.05) is 0 Å². The summed E-state index contributed by atoms with van der Waals surface area (Å²) in [6, 6.07) is 2.78. The molecule has 8 nitrogen and oxygen atoms in total. The normalized spacial score (nSPS) is 10.3. The molecule has 0 radical (unpaired) electrons. The van der Waals surface area contributed by atoms with Gasteiger partial charge in [0.2, 0.25) is 0 Å². The lowest BCUT2D eigenvalue weighted by molar-refractivity contribution is -0.385. The highest BCUT2D eigenvalue weighted by atomic mass is 32.2. The van der Waals surface area contributed by atoms with Crippen LogP contribution in [0, 0.1) is 10.1 Å². The van der Waals surface area contributed by atoms with Crippen molar-refractivity contribution >= 4 is 23.3 Å². The second-order valence-electron chi connectivity index (χ2n) is 3.38. The van der Waals surface area contributed by atoms with Crippen LogP contribution in [0.1, 0.15) is 0 Å². The van der Waals surface area contributed by atoms with Crippen LogP contribution >= 0.6 is 11.8 Å². The van der Waals surface area contributed by atoms with Crippen molar-refractivity contribution in [2.24, 2.45) is 7.05 Å². The summed E-state index contributed by atoms with van der Waals surface area (Å²) in [5.74, 6) is 0.439. The zero-order chi connectivity index (χ0) is 13.1. The van der Waals surface area contributed by atoms with Gasteiger partial charge in [0.15, 0.2) is 5.16 Å². The van der Waals surface area contributed by atoms with Crippen LogP contribution < -0.4 is 5.32 Å². The molecule has 0 aliphatic rings. The summed E-state index contributed by atoms with van der Waals surface area (Å²) in [7, 11) is 3.45. The zero-order valence-corrected chi connectivity index (χ0v) is 10.5. The van der Waals surface area contributed by atoms with Crippen LogP contribution in [0.5, 0.6) is 0 Å². The van der Waals surface area contributed by atoms with E-state index in [1.54, 1.807) is 25.0 Å². The summed E-state index contributed by atoms with van der Waals surface area (Å²) in [6.45, 7) is 0. The van der Waals surface area contributed by atoms with Gasteiger partial charge in [-0.3, -0.25) is 10.1 Å². The van der Waals surface area contributed by atoms with Crippen LogP contribution in [0.4, 0.5) is 11.5 Å². The third-order valence-corrected chi connectivity index (χ3v) is 3.09. The van der Waals surface area contributed by atoms with E-state index in [-0.39, 0.29) is 5.69 Å². The van der Waals surface area contributed by atoms with Gasteiger partial charge >= 0.3 is 0 Å². The molecule has 94 valence electrons. The molecule has 0 aliphatic heterocycles. The molecular weight excluding hydrogens is 256 g/mol. The smallest absolute Gasteiger partial charge is 0.275 e. The largest absolute Gasteiger partial charge is 0.373 e.